The SMILES string of the molecule is COc1ccccc1CN(CCc1c[nH]c2ccccc12)C(=O)CN(C(=O)c1ccc(F)cc1)C(C)C. The number of nitrogens with one attached hydrogen (secondary N) is 1. The highest BCUT2D eigenvalue weighted by molar-refractivity contribution is 5.96. The smallest absolute Gasteiger partial charge is 0.254 e. The molecule has 4 aromatic rings. The first-order chi connectivity index (χ1) is 17.9. The predicted molar refractivity (Wildman–Crippen MR) is 143 cm³/mol. The molecule has 6 nitrogen and oxygen atoms in total. The molecule has 4 rings (SSSR count). The third-order valence-corrected chi connectivity index (χ3v) is 6.51. The summed E-state index contributed by atoms with van der Waals surface area (Å²) in [5, 5.41) is 1.13. The van der Waals surface area contributed by atoms with Gasteiger partial charge < -0.3 is 19.5 Å². The first-order valence-electron chi connectivity index (χ1n) is 12.4. The van der Waals surface area contributed by atoms with Crippen molar-refractivity contribution in [1.29, 1.82) is 0 Å². The number of aromatic amines is 1. The lowest BCUT2D eigenvalue weighted by atomic mass is 10.1. The number of fused-ring (bicyclic) bond motifs is 1. The van der Waals surface area contributed by atoms with Crippen LogP contribution in [0.15, 0.2) is 79.0 Å². The van der Waals surface area contributed by atoms with E-state index in [9.17, 15) is 14.0 Å². The molecule has 0 aliphatic heterocycles. The van der Waals surface area contributed by atoms with Gasteiger partial charge in [0.15, 0.2) is 0 Å². The topological polar surface area (TPSA) is 65.6 Å². The number of ether oxygens (including phenoxy) is 1. The number of nitrogens with zero attached hydrogens (tertiary/aromatic N) is 2. The summed E-state index contributed by atoms with van der Waals surface area (Å²) in [5.41, 5.74) is 3.41. The molecule has 192 valence electrons. The lowest BCUT2D eigenvalue weighted by Crippen LogP contribution is -2.46. The second kappa shape index (κ2) is 11.7. The van der Waals surface area contributed by atoms with Crippen LogP contribution < -0.4 is 4.74 Å². The van der Waals surface area contributed by atoms with Gasteiger partial charge in [0.25, 0.3) is 5.91 Å². The normalized spacial score (nSPS) is 11.1. The van der Waals surface area contributed by atoms with Crippen LogP contribution in [0.1, 0.15) is 35.3 Å². The van der Waals surface area contributed by atoms with Crippen LogP contribution in [0.4, 0.5) is 4.39 Å². The van der Waals surface area contributed by atoms with Gasteiger partial charge in [-0.1, -0.05) is 36.4 Å². The first-order valence-corrected chi connectivity index (χ1v) is 12.4. The van der Waals surface area contributed by atoms with Crippen LogP contribution in [0, 0.1) is 5.82 Å². The Morgan fingerprint density at radius 3 is 2.38 bits per heavy atom. The van der Waals surface area contributed by atoms with Crippen LogP contribution in [0.3, 0.4) is 0 Å². The Balaban J connectivity index is 1.57. The van der Waals surface area contributed by atoms with Gasteiger partial charge in [-0.3, -0.25) is 9.59 Å². The van der Waals surface area contributed by atoms with Crippen molar-refractivity contribution in [1.82, 2.24) is 14.8 Å². The number of rotatable bonds is 10. The summed E-state index contributed by atoms with van der Waals surface area (Å²) in [5.74, 6) is -0.188. The molecular weight excluding hydrogens is 469 g/mol. The molecule has 0 spiro atoms. The molecular formula is C30H32FN3O3. The summed E-state index contributed by atoms with van der Waals surface area (Å²) in [7, 11) is 1.61. The van der Waals surface area contributed by atoms with Gasteiger partial charge >= 0.3 is 0 Å². The maximum absolute atomic E-state index is 13.7. The van der Waals surface area contributed by atoms with Gasteiger partial charge in [-0.25, -0.2) is 4.39 Å². The highest BCUT2D eigenvalue weighted by Crippen LogP contribution is 2.22. The van der Waals surface area contributed by atoms with Crippen LogP contribution in [-0.4, -0.2) is 52.8 Å². The highest BCUT2D eigenvalue weighted by Gasteiger charge is 2.25. The van der Waals surface area contributed by atoms with Crippen molar-refractivity contribution < 1.29 is 18.7 Å². The first kappa shape index (κ1) is 25.9. The molecule has 3 aromatic carbocycles. The van der Waals surface area contributed by atoms with E-state index in [2.05, 4.69) is 11.1 Å². The number of halogens is 1. The number of amides is 2. The molecule has 0 radical (unpaired) electrons. The number of para-hydroxylation sites is 2. The van der Waals surface area contributed by atoms with E-state index in [-0.39, 0.29) is 24.4 Å². The second-order valence-corrected chi connectivity index (χ2v) is 9.27. The third-order valence-electron chi connectivity index (χ3n) is 6.51. The fourth-order valence-electron chi connectivity index (χ4n) is 4.42. The number of benzene rings is 3. The molecule has 0 saturated heterocycles. The number of carbonyl (C=O) groups excluding carboxylic acids is 2. The minimum absolute atomic E-state index is 0.0864. The van der Waals surface area contributed by atoms with Crippen molar-refractivity contribution in [3.05, 3.63) is 102 Å². The van der Waals surface area contributed by atoms with Gasteiger partial charge in [0.1, 0.15) is 18.1 Å². The average molecular weight is 502 g/mol. The molecule has 0 fully saturated rings. The maximum Gasteiger partial charge on any atom is 0.254 e. The Hall–Kier alpha value is -4.13. The molecule has 0 aliphatic carbocycles. The molecule has 0 bridgehead atoms. The summed E-state index contributed by atoms with van der Waals surface area (Å²) in [4.78, 5) is 33.5. The lowest BCUT2D eigenvalue weighted by Gasteiger charge is -2.30. The van der Waals surface area contributed by atoms with Crippen LogP contribution in [0.5, 0.6) is 5.75 Å². The predicted octanol–water partition coefficient (Wildman–Crippen LogP) is 5.44. The van der Waals surface area contributed by atoms with Crippen LogP contribution in [0.25, 0.3) is 10.9 Å². The van der Waals surface area contributed by atoms with E-state index in [1.807, 2.05) is 62.5 Å². The second-order valence-electron chi connectivity index (χ2n) is 9.27. The molecule has 1 aromatic heterocycles. The molecule has 0 saturated carbocycles. The molecule has 1 N–H and O–H groups in total. The number of methoxy groups -OCH3 is 1. The molecule has 7 heteroatoms. The van der Waals surface area contributed by atoms with Crippen LogP contribution in [0.2, 0.25) is 0 Å². The monoisotopic (exact) mass is 501 g/mol. The zero-order chi connectivity index (χ0) is 26.4. The quantitative estimate of drug-likeness (QED) is 0.315. The minimum atomic E-state index is -0.413. The molecule has 0 aliphatic rings. The summed E-state index contributed by atoms with van der Waals surface area (Å²) in [6, 6.07) is 20.9. The Labute approximate surface area is 216 Å². The van der Waals surface area contributed by atoms with Crippen molar-refractivity contribution in [2.45, 2.75) is 32.9 Å². The number of hydrogen-bond donors (Lipinski definition) is 1. The maximum atomic E-state index is 13.7. The van der Waals surface area contributed by atoms with E-state index >= 15 is 0 Å². The van der Waals surface area contributed by atoms with Gasteiger partial charge in [0, 0.05) is 47.4 Å². The average Bonchev–Trinajstić information content (AvgIpc) is 3.32. The molecule has 2 amide bonds. The van der Waals surface area contributed by atoms with E-state index in [1.54, 1.807) is 12.0 Å². The van der Waals surface area contributed by atoms with Crippen molar-refractivity contribution in [2.75, 3.05) is 20.2 Å². The Kier molecular flexibility index (Phi) is 8.23. The molecule has 1 heterocycles. The van der Waals surface area contributed by atoms with E-state index in [1.165, 1.54) is 29.2 Å². The summed E-state index contributed by atoms with van der Waals surface area (Å²) < 4.78 is 18.9. The van der Waals surface area contributed by atoms with Gasteiger partial charge in [0.2, 0.25) is 5.91 Å². The fraction of sp³-hybridized carbons (Fsp3) is 0.267. The van der Waals surface area contributed by atoms with Crippen LogP contribution in [-0.2, 0) is 17.8 Å². The van der Waals surface area contributed by atoms with Crippen molar-refractivity contribution in [3.63, 3.8) is 0 Å². The fourth-order valence-corrected chi connectivity index (χ4v) is 4.42. The summed E-state index contributed by atoms with van der Waals surface area (Å²) in [6.45, 7) is 4.46. The standard InChI is InChI=1S/C30H32FN3O3/c1-21(2)34(30(36)22-12-14-25(31)15-13-22)20-29(35)33(19-24-8-4-7-11-28(24)37-3)17-16-23-18-32-27-10-6-5-9-26(23)27/h4-15,18,21,32H,16-17,19-20H2,1-3H3. The number of hydrogen-bond acceptors (Lipinski definition) is 3. The van der Waals surface area contributed by atoms with Crippen molar-refractivity contribution in [3.8, 4) is 5.75 Å². The van der Waals surface area contributed by atoms with Gasteiger partial charge in [0.05, 0.1) is 7.11 Å². The highest BCUT2D eigenvalue weighted by atomic mass is 19.1. The van der Waals surface area contributed by atoms with E-state index in [0.29, 0.717) is 30.8 Å². The Morgan fingerprint density at radius 1 is 0.946 bits per heavy atom. The van der Waals surface area contributed by atoms with E-state index in [4.69, 9.17) is 4.74 Å². The van der Waals surface area contributed by atoms with Crippen LogP contribution >= 0.6 is 0 Å². The summed E-state index contributed by atoms with van der Waals surface area (Å²) in [6.07, 6.45) is 2.63. The Morgan fingerprint density at radius 2 is 1.65 bits per heavy atom. The lowest BCUT2D eigenvalue weighted by molar-refractivity contribution is -0.132. The van der Waals surface area contributed by atoms with Crippen molar-refractivity contribution in [2.24, 2.45) is 0 Å². The molecule has 37 heavy (non-hydrogen) atoms. The number of carbonyl (C=O) groups is 2. The zero-order valence-electron chi connectivity index (χ0n) is 21.4. The van der Waals surface area contributed by atoms with E-state index in [0.717, 1.165) is 22.0 Å². The van der Waals surface area contributed by atoms with Gasteiger partial charge in [-0.2, -0.15) is 0 Å². The summed E-state index contributed by atoms with van der Waals surface area (Å²) >= 11 is 0. The number of aromatic nitrogens is 1. The van der Waals surface area contributed by atoms with Crippen molar-refractivity contribution >= 4 is 22.7 Å². The van der Waals surface area contributed by atoms with E-state index < -0.39 is 5.82 Å². The zero-order valence-corrected chi connectivity index (χ0v) is 21.4. The largest absolute Gasteiger partial charge is 0.496 e. The van der Waals surface area contributed by atoms with Gasteiger partial charge in [-0.15, -0.1) is 0 Å². The van der Waals surface area contributed by atoms with Gasteiger partial charge in [-0.05, 0) is 62.2 Å². The third kappa shape index (κ3) is 6.17. The molecule has 0 unspecified atom stereocenters. The molecule has 0 atom stereocenters. The minimum Gasteiger partial charge on any atom is -0.496 e. The number of H-pyrrole nitrogens is 1. The Bertz CT molecular complexity index is 1360.